The van der Waals surface area contributed by atoms with Gasteiger partial charge in [0.15, 0.2) is 5.79 Å². The average Bonchev–Trinajstić information content (AvgIpc) is 3.34. The van der Waals surface area contributed by atoms with Crippen LogP contribution in [-0.2, 0) is 9.47 Å². The van der Waals surface area contributed by atoms with Crippen LogP contribution in [-0.4, -0.2) is 71.8 Å². The highest BCUT2D eigenvalue weighted by molar-refractivity contribution is 5.99. The zero-order valence-corrected chi connectivity index (χ0v) is 14.3. The molecule has 4 rings (SSSR count). The fourth-order valence-corrected chi connectivity index (χ4v) is 3.80. The summed E-state index contributed by atoms with van der Waals surface area (Å²) in [5.41, 5.74) is 0.956. The Morgan fingerprint density at radius 3 is 1.96 bits per heavy atom. The molecular weight excluding hydrogens is 322 g/mol. The van der Waals surface area contributed by atoms with Crippen LogP contribution < -0.4 is 0 Å². The van der Waals surface area contributed by atoms with Gasteiger partial charge >= 0.3 is 0 Å². The Kier molecular flexibility index (Phi) is 4.43. The number of hydrogen-bond donors (Lipinski definition) is 0. The Balaban J connectivity index is 1.43. The summed E-state index contributed by atoms with van der Waals surface area (Å²) in [4.78, 5) is 33.0. The smallest absolute Gasteiger partial charge is 0.255 e. The van der Waals surface area contributed by atoms with Crippen LogP contribution in [0.3, 0.4) is 0 Å². The average molecular weight is 345 g/mol. The van der Waals surface area contributed by atoms with Gasteiger partial charge in [-0.2, -0.15) is 0 Å². The number of piperidine rings is 1. The monoisotopic (exact) mass is 345 g/mol. The first-order chi connectivity index (χ1) is 12.2. The molecule has 0 saturated carbocycles. The van der Waals surface area contributed by atoms with Crippen LogP contribution in [0, 0.1) is 0 Å². The van der Waals surface area contributed by atoms with Crippen LogP contribution in [0.25, 0.3) is 0 Å². The highest BCUT2D eigenvalue weighted by Crippen LogP contribution is 2.31. The highest BCUT2D eigenvalue weighted by atomic mass is 16.7. The first-order valence-corrected chi connectivity index (χ1v) is 8.98. The normalized spacial score (nSPS) is 22.6. The molecule has 7 nitrogen and oxygen atoms in total. The number of aromatic nitrogens is 1. The maximum Gasteiger partial charge on any atom is 0.255 e. The Labute approximate surface area is 146 Å². The van der Waals surface area contributed by atoms with Crippen molar-refractivity contribution in [3.63, 3.8) is 0 Å². The van der Waals surface area contributed by atoms with E-state index in [2.05, 4.69) is 4.98 Å². The number of likely N-dealkylation sites (tertiary alicyclic amines) is 2. The number of carbonyl (C=O) groups is 2. The zero-order valence-electron chi connectivity index (χ0n) is 14.3. The molecule has 3 fully saturated rings. The van der Waals surface area contributed by atoms with E-state index in [-0.39, 0.29) is 11.8 Å². The molecule has 1 aromatic rings. The second kappa shape index (κ2) is 6.72. The van der Waals surface area contributed by atoms with Crippen molar-refractivity contribution in [3.8, 4) is 0 Å². The second-order valence-corrected chi connectivity index (χ2v) is 6.86. The standard InChI is InChI=1S/C18H23N3O4/c22-16(20-5-1-2-6-20)14-11-15(13-19-12-14)17(23)21-7-3-18(4-8-21)24-9-10-25-18/h11-13H,1-10H2. The van der Waals surface area contributed by atoms with E-state index in [9.17, 15) is 9.59 Å². The van der Waals surface area contributed by atoms with E-state index in [0.29, 0.717) is 50.3 Å². The lowest BCUT2D eigenvalue weighted by Gasteiger charge is -2.37. The number of hydrogen-bond acceptors (Lipinski definition) is 5. The van der Waals surface area contributed by atoms with Gasteiger partial charge in [-0.1, -0.05) is 0 Å². The van der Waals surface area contributed by atoms with Crippen molar-refractivity contribution in [3.05, 3.63) is 29.6 Å². The van der Waals surface area contributed by atoms with Gasteiger partial charge in [-0.3, -0.25) is 14.6 Å². The van der Waals surface area contributed by atoms with Crippen molar-refractivity contribution < 1.29 is 19.1 Å². The molecule has 134 valence electrons. The molecule has 1 spiro atoms. The third kappa shape index (κ3) is 3.26. The van der Waals surface area contributed by atoms with Crippen molar-refractivity contribution in [2.75, 3.05) is 39.4 Å². The minimum absolute atomic E-state index is 0.0370. The Bertz CT molecular complexity index is 656. The molecule has 3 aliphatic heterocycles. The van der Waals surface area contributed by atoms with Gasteiger partial charge in [0, 0.05) is 51.4 Å². The van der Waals surface area contributed by atoms with E-state index < -0.39 is 5.79 Å². The van der Waals surface area contributed by atoms with Gasteiger partial charge in [-0.15, -0.1) is 0 Å². The van der Waals surface area contributed by atoms with E-state index in [1.807, 2.05) is 4.90 Å². The lowest BCUT2D eigenvalue weighted by atomic mass is 10.0. The molecule has 7 heteroatoms. The van der Waals surface area contributed by atoms with Gasteiger partial charge in [-0.25, -0.2) is 0 Å². The van der Waals surface area contributed by atoms with Gasteiger partial charge < -0.3 is 19.3 Å². The molecule has 25 heavy (non-hydrogen) atoms. The van der Waals surface area contributed by atoms with E-state index >= 15 is 0 Å². The first-order valence-electron chi connectivity index (χ1n) is 8.98. The summed E-state index contributed by atoms with van der Waals surface area (Å²) in [6.45, 7) is 3.99. The summed E-state index contributed by atoms with van der Waals surface area (Å²) in [5, 5.41) is 0. The van der Waals surface area contributed by atoms with Crippen LogP contribution >= 0.6 is 0 Å². The number of carbonyl (C=O) groups excluding carboxylic acids is 2. The number of pyridine rings is 1. The molecule has 0 N–H and O–H groups in total. The van der Waals surface area contributed by atoms with Gasteiger partial charge in [-0.05, 0) is 18.9 Å². The molecule has 0 bridgehead atoms. The minimum atomic E-state index is -0.497. The van der Waals surface area contributed by atoms with Crippen LogP contribution in [0.5, 0.6) is 0 Å². The van der Waals surface area contributed by atoms with Crippen molar-refractivity contribution >= 4 is 11.8 Å². The molecule has 0 aromatic carbocycles. The molecule has 0 unspecified atom stereocenters. The van der Waals surface area contributed by atoms with Crippen molar-refractivity contribution in [2.24, 2.45) is 0 Å². The van der Waals surface area contributed by atoms with Crippen LogP contribution in [0.2, 0.25) is 0 Å². The van der Waals surface area contributed by atoms with Crippen molar-refractivity contribution in [1.82, 2.24) is 14.8 Å². The lowest BCUT2D eigenvalue weighted by Crippen LogP contribution is -2.47. The fraction of sp³-hybridized carbons (Fsp3) is 0.611. The van der Waals surface area contributed by atoms with Gasteiger partial charge in [0.25, 0.3) is 11.8 Å². The number of rotatable bonds is 2. The Morgan fingerprint density at radius 2 is 1.40 bits per heavy atom. The predicted octanol–water partition coefficient (Wildman–Crippen LogP) is 1.30. The molecule has 1 aromatic heterocycles. The molecule has 4 heterocycles. The minimum Gasteiger partial charge on any atom is -0.347 e. The van der Waals surface area contributed by atoms with Gasteiger partial charge in [0.2, 0.25) is 0 Å². The molecule has 2 amide bonds. The van der Waals surface area contributed by atoms with Gasteiger partial charge in [0.1, 0.15) is 0 Å². The lowest BCUT2D eigenvalue weighted by molar-refractivity contribution is -0.181. The summed E-state index contributed by atoms with van der Waals surface area (Å²) >= 11 is 0. The molecule has 3 aliphatic rings. The topological polar surface area (TPSA) is 72.0 Å². The third-order valence-corrected chi connectivity index (χ3v) is 5.25. The molecule has 0 atom stereocenters. The van der Waals surface area contributed by atoms with Crippen LogP contribution in [0.4, 0.5) is 0 Å². The SMILES string of the molecule is O=C(c1cncc(C(=O)N2CCC3(CC2)OCCO3)c1)N1CCCC1. The Morgan fingerprint density at radius 1 is 0.880 bits per heavy atom. The summed E-state index contributed by atoms with van der Waals surface area (Å²) in [5.74, 6) is -0.621. The van der Waals surface area contributed by atoms with E-state index in [1.54, 1.807) is 17.2 Å². The zero-order chi connectivity index (χ0) is 17.3. The second-order valence-electron chi connectivity index (χ2n) is 6.86. The molecule has 3 saturated heterocycles. The number of ether oxygens (including phenoxy) is 2. The van der Waals surface area contributed by atoms with Crippen LogP contribution in [0.15, 0.2) is 18.5 Å². The number of amides is 2. The van der Waals surface area contributed by atoms with E-state index in [4.69, 9.17) is 9.47 Å². The fourth-order valence-electron chi connectivity index (χ4n) is 3.80. The Hall–Kier alpha value is -1.99. The van der Waals surface area contributed by atoms with Crippen LogP contribution in [0.1, 0.15) is 46.4 Å². The highest BCUT2D eigenvalue weighted by Gasteiger charge is 2.41. The van der Waals surface area contributed by atoms with E-state index in [0.717, 1.165) is 25.9 Å². The molecule has 0 radical (unpaired) electrons. The quantitative estimate of drug-likeness (QED) is 0.808. The van der Waals surface area contributed by atoms with Crippen molar-refractivity contribution in [1.29, 1.82) is 0 Å². The first kappa shape index (κ1) is 16.5. The largest absolute Gasteiger partial charge is 0.347 e. The summed E-state index contributed by atoms with van der Waals surface area (Å²) in [6, 6.07) is 1.67. The van der Waals surface area contributed by atoms with Crippen molar-refractivity contribution in [2.45, 2.75) is 31.5 Å². The molecular formula is C18H23N3O4. The summed E-state index contributed by atoms with van der Waals surface area (Å²) < 4.78 is 11.4. The molecule has 0 aliphatic carbocycles. The van der Waals surface area contributed by atoms with E-state index in [1.165, 1.54) is 6.20 Å². The maximum atomic E-state index is 12.8. The van der Waals surface area contributed by atoms with Gasteiger partial charge in [0.05, 0.1) is 24.3 Å². The summed E-state index contributed by atoms with van der Waals surface area (Å²) in [7, 11) is 0. The predicted molar refractivity (Wildman–Crippen MR) is 89.1 cm³/mol. The summed E-state index contributed by atoms with van der Waals surface area (Å²) in [6.07, 6.45) is 6.52. The number of nitrogens with zero attached hydrogens (tertiary/aromatic N) is 3. The third-order valence-electron chi connectivity index (χ3n) is 5.25. The maximum absolute atomic E-state index is 12.8.